The first-order valence-electron chi connectivity index (χ1n) is 15.9. The smallest absolute Gasteiger partial charge is 0.305 e. The van der Waals surface area contributed by atoms with Gasteiger partial charge in [0.25, 0.3) is 0 Å². The second-order valence-corrected chi connectivity index (χ2v) is 13.7. The highest BCUT2D eigenvalue weighted by atomic mass is 31.1. The van der Waals surface area contributed by atoms with Crippen molar-refractivity contribution >= 4 is 31.4 Å². The van der Waals surface area contributed by atoms with E-state index in [1.165, 1.54) is 12.8 Å². The lowest BCUT2D eigenvalue weighted by molar-refractivity contribution is -0.154. The molecule has 0 radical (unpaired) electrons. The van der Waals surface area contributed by atoms with Crippen molar-refractivity contribution in [1.29, 1.82) is 0 Å². The third kappa shape index (κ3) is 13.1. The summed E-state index contributed by atoms with van der Waals surface area (Å²) in [5.41, 5.74) is 1.32. The average molecular weight is 619 g/mol. The van der Waals surface area contributed by atoms with Crippen molar-refractivity contribution in [3.8, 4) is 5.75 Å². The first-order chi connectivity index (χ1) is 20.6. The van der Waals surface area contributed by atoms with Gasteiger partial charge in [-0.25, -0.2) is 0 Å². The topological polar surface area (TPSA) is 87.2 Å². The number of nitrogens with zero attached hydrogens (tertiary/aromatic N) is 2. The fraction of sp³-hybridized carbons (Fsp3) is 0.676. The van der Waals surface area contributed by atoms with Crippen molar-refractivity contribution < 1.29 is 28.5 Å². The Kier molecular flexibility index (Phi) is 16.5. The molecule has 1 aromatic carbocycles. The van der Waals surface area contributed by atoms with E-state index in [4.69, 9.17) is 18.9 Å². The molecule has 5 unspecified atom stereocenters. The van der Waals surface area contributed by atoms with Crippen molar-refractivity contribution in [1.82, 2.24) is 9.88 Å². The number of hydrogen-bond donors (Lipinski definition) is 0. The molecule has 242 valence electrons. The summed E-state index contributed by atoms with van der Waals surface area (Å²) >= 11 is 0. The van der Waals surface area contributed by atoms with E-state index in [0.717, 1.165) is 49.9 Å². The minimum atomic E-state index is -0.495. The van der Waals surface area contributed by atoms with Gasteiger partial charge in [0.05, 0.1) is 24.0 Å². The zero-order chi connectivity index (χ0) is 31.8. The molecule has 0 amide bonds. The number of rotatable bonds is 13. The number of carbonyl (C=O) groups is 2. The van der Waals surface area contributed by atoms with E-state index >= 15 is 0 Å². The van der Waals surface area contributed by atoms with E-state index in [9.17, 15) is 9.59 Å². The minimum Gasteiger partial charge on any atom is -0.497 e. The molecular formula is C34H55N2O6P. The third-order valence-corrected chi connectivity index (χ3v) is 9.60. The predicted octanol–water partition coefficient (Wildman–Crippen LogP) is 7.08. The van der Waals surface area contributed by atoms with Crippen LogP contribution in [-0.4, -0.2) is 78.9 Å². The highest BCUT2D eigenvalue weighted by molar-refractivity contribution is 7.40. The Morgan fingerprint density at radius 1 is 1.12 bits per heavy atom. The summed E-state index contributed by atoms with van der Waals surface area (Å²) in [6.07, 6.45) is 5.28. The molecule has 4 heterocycles. The van der Waals surface area contributed by atoms with Gasteiger partial charge in [-0.1, -0.05) is 55.7 Å². The van der Waals surface area contributed by atoms with Crippen LogP contribution in [0.1, 0.15) is 80.6 Å². The lowest BCUT2D eigenvalue weighted by atomic mass is 9.94. The zero-order valence-electron chi connectivity index (χ0n) is 27.7. The van der Waals surface area contributed by atoms with Gasteiger partial charge in [0.1, 0.15) is 19.0 Å². The molecule has 8 nitrogen and oxygen atoms in total. The summed E-state index contributed by atoms with van der Waals surface area (Å²) < 4.78 is 21.7. The molecule has 3 aliphatic rings. The number of aromatic nitrogens is 1. The number of carbonyl (C=O) groups excluding carboxylic acids is 2. The summed E-state index contributed by atoms with van der Waals surface area (Å²) in [5.74, 6) is 2.03. The van der Waals surface area contributed by atoms with Crippen LogP contribution >= 0.6 is 8.58 Å². The highest BCUT2D eigenvalue weighted by Gasteiger charge is 2.39. The Hall–Kier alpha value is -2.28. The van der Waals surface area contributed by atoms with Gasteiger partial charge in [-0.3, -0.25) is 19.5 Å². The summed E-state index contributed by atoms with van der Waals surface area (Å²) in [5, 5.41) is 1.11. The van der Waals surface area contributed by atoms with Crippen LogP contribution in [0, 0.1) is 11.8 Å². The van der Waals surface area contributed by atoms with Crippen molar-refractivity contribution in [3.63, 3.8) is 0 Å². The van der Waals surface area contributed by atoms with Gasteiger partial charge in [-0.2, -0.15) is 0 Å². The third-order valence-electron chi connectivity index (χ3n) is 7.50. The molecule has 0 aliphatic carbocycles. The van der Waals surface area contributed by atoms with E-state index in [1.54, 1.807) is 13.3 Å². The lowest BCUT2D eigenvalue weighted by Crippen LogP contribution is -2.52. The van der Waals surface area contributed by atoms with Gasteiger partial charge in [-0.05, 0) is 75.0 Å². The van der Waals surface area contributed by atoms with Crippen LogP contribution in [0.15, 0.2) is 36.5 Å². The van der Waals surface area contributed by atoms with E-state index < -0.39 is 5.60 Å². The molecule has 0 spiro atoms. The van der Waals surface area contributed by atoms with Crippen LogP contribution in [0.25, 0.3) is 10.9 Å². The maximum absolute atomic E-state index is 12.1. The number of ether oxygens (including phenoxy) is 4. The maximum atomic E-state index is 12.1. The SMILES string of the molecule is CC.CCC1CN2CCC1PC2COC(=O)CCCC(=O)OCC(C)(C)OCC(C)C.COc1ccc2ncccc2c1. The quantitative estimate of drug-likeness (QED) is 0.174. The highest BCUT2D eigenvalue weighted by Crippen LogP contribution is 2.46. The fourth-order valence-electron chi connectivity index (χ4n) is 5.04. The first-order valence-corrected chi connectivity index (χ1v) is 17.1. The van der Waals surface area contributed by atoms with Gasteiger partial charge >= 0.3 is 11.9 Å². The molecule has 5 rings (SSSR count). The van der Waals surface area contributed by atoms with Crippen LogP contribution in [0.4, 0.5) is 0 Å². The van der Waals surface area contributed by atoms with Crippen LogP contribution in [0.2, 0.25) is 0 Å². The molecule has 5 atom stereocenters. The average Bonchev–Trinajstić information content (AvgIpc) is 3.03. The van der Waals surface area contributed by atoms with Crippen molar-refractivity contribution in [3.05, 3.63) is 36.5 Å². The normalized spacial score (nSPS) is 21.4. The Bertz CT molecular complexity index is 1110. The van der Waals surface area contributed by atoms with Gasteiger partial charge in [0.15, 0.2) is 0 Å². The van der Waals surface area contributed by atoms with Gasteiger partial charge in [0, 0.05) is 37.6 Å². The second kappa shape index (κ2) is 19.2. The number of pyridine rings is 1. The van der Waals surface area contributed by atoms with Crippen LogP contribution in [-0.2, 0) is 23.8 Å². The van der Waals surface area contributed by atoms with Gasteiger partial charge in [0.2, 0.25) is 0 Å². The number of piperidine rings is 1. The Morgan fingerprint density at radius 3 is 2.47 bits per heavy atom. The molecule has 2 aromatic rings. The van der Waals surface area contributed by atoms with Crippen molar-refractivity contribution in [2.75, 3.05) is 40.0 Å². The molecule has 9 heteroatoms. The summed E-state index contributed by atoms with van der Waals surface area (Å²) in [6.45, 7) is 17.9. The Labute approximate surface area is 261 Å². The molecular weight excluding hydrogens is 563 g/mol. The molecule has 3 aliphatic heterocycles. The van der Waals surface area contributed by atoms with E-state index in [-0.39, 0.29) is 31.4 Å². The first kappa shape index (κ1) is 36.9. The molecule has 0 N–H and O–H groups in total. The Morgan fingerprint density at radius 2 is 1.84 bits per heavy atom. The second-order valence-electron chi connectivity index (χ2n) is 12.0. The van der Waals surface area contributed by atoms with Crippen LogP contribution in [0.5, 0.6) is 5.75 Å². The molecule has 3 fully saturated rings. The summed E-state index contributed by atoms with van der Waals surface area (Å²) in [6, 6.07) is 9.78. The maximum Gasteiger partial charge on any atom is 0.305 e. The van der Waals surface area contributed by atoms with E-state index in [2.05, 4.69) is 30.7 Å². The monoisotopic (exact) mass is 618 g/mol. The number of methoxy groups -OCH3 is 1. The van der Waals surface area contributed by atoms with Gasteiger partial charge in [-0.15, -0.1) is 0 Å². The number of benzene rings is 1. The van der Waals surface area contributed by atoms with Crippen LogP contribution in [0.3, 0.4) is 0 Å². The minimum absolute atomic E-state index is 0.210. The number of hydrogen-bond acceptors (Lipinski definition) is 8. The molecule has 2 bridgehead atoms. The fourth-order valence-corrected chi connectivity index (χ4v) is 7.07. The summed E-state index contributed by atoms with van der Waals surface area (Å²) in [7, 11) is 2.54. The van der Waals surface area contributed by atoms with E-state index in [1.807, 2.05) is 58.0 Å². The summed E-state index contributed by atoms with van der Waals surface area (Å²) in [4.78, 5) is 30.7. The van der Waals surface area contributed by atoms with E-state index in [0.29, 0.717) is 31.3 Å². The largest absolute Gasteiger partial charge is 0.497 e. The molecule has 1 aromatic heterocycles. The Balaban J connectivity index is 0.000000379. The van der Waals surface area contributed by atoms with Gasteiger partial charge < -0.3 is 18.9 Å². The standard InChI is InChI=1S/C22H40NO5P.C10H9NO.C2H6/c1-6-17-12-23-11-10-18(17)29-19(23)14-26-20(24)8-7-9-21(25)27-15-22(4,5)28-13-16(2)3;1-12-9-4-5-10-8(7-9)3-2-6-11-10;1-2/h16-19,29H,6-15H2,1-5H3;2-7H,1H3;1-2H3. The number of esters is 2. The lowest BCUT2D eigenvalue weighted by Gasteiger charge is -2.49. The number of fused-ring (bicyclic) bond motifs is 4. The zero-order valence-corrected chi connectivity index (χ0v) is 28.7. The molecule has 3 saturated heterocycles. The predicted molar refractivity (Wildman–Crippen MR) is 176 cm³/mol. The van der Waals surface area contributed by atoms with Crippen LogP contribution < -0.4 is 4.74 Å². The van der Waals surface area contributed by atoms with Crippen molar-refractivity contribution in [2.24, 2.45) is 11.8 Å². The molecule has 0 saturated carbocycles. The molecule has 43 heavy (non-hydrogen) atoms. The van der Waals surface area contributed by atoms with Crippen molar-refractivity contribution in [2.45, 2.75) is 97.6 Å².